The van der Waals surface area contributed by atoms with Gasteiger partial charge in [0.25, 0.3) is 0 Å². The van der Waals surface area contributed by atoms with E-state index in [1.165, 1.54) is 11.0 Å². The van der Waals surface area contributed by atoms with Gasteiger partial charge in [-0.05, 0) is 24.1 Å². The molecule has 1 heterocycles. The summed E-state index contributed by atoms with van der Waals surface area (Å²) in [6.07, 6.45) is 1.82. The van der Waals surface area contributed by atoms with Gasteiger partial charge in [-0.1, -0.05) is 18.7 Å². The lowest BCUT2D eigenvalue weighted by molar-refractivity contribution is 0.1000. The molecule has 0 aromatic heterocycles. The summed E-state index contributed by atoms with van der Waals surface area (Å²) in [5.74, 6) is -0.510. The second-order valence-electron chi connectivity index (χ2n) is 3.97. The third-order valence-electron chi connectivity index (χ3n) is 2.81. The van der Waals surface area contributed by atoms with E-state index in [0.717, 1.165) is 12.0 Å². The number of amides is 2. The van der Waals surface area contributed by atoms with Crippen molar-refractivity contribution < 1.29 is 14.3 Å². The van der Waals surface area contributed by atoms with E-state index in [9.17, 15) is 9.59 Å². The average molecular weight is 246 g/mol. The quantitative estimate of drug-likeness (QED) is 0.821. The lowest BCUT2D eigenvalue weighted by Gasteiger charge is -2.16. The highest BCUT2D eigenvalue weighted by Gasteiger charge is 2.26. The lowest BCUT2D eigenvalue weighted by atomic mass is 10.1. The van der Waals surface area contributed by atoms with Crippen LogP contribution in [-0.4, -0.2) is 25.2 Å². The van der Waals surface area contributed by atoms with Gasteiger partial charge in [0.2, 0.25) is 5.91 Å². The number of anilines is 1. The minimum Gasteiger partial charge on any atom is -0.445 e. The first kappa shape index (κ1) is 12.2. The Bertz CT molecular complexity index is 511. The molecule has 2 N–H and O–H groups in total. The van der Waals surface area contributed by atoms with Gasteiger partial charge in [-0.15, -0.1) is 0 Å². The largest absolute Gasteiger partial charge is 0.445 e. The minimum absolute atomic E-state index is 0.167. The first-order valence-electron chi connectivity index (χ1n) is 5.61. The van der Waals surface area contributed by atoms with Gasteiger partial charge in [0.15, 0.2) is 0 Å². The molecule has 0 spiro atoms. The topological polar surface area (TPSA) is 72.6 Å². The highest BCUT2D eigenvalue weighted by atomic mass is 16.6. The van der Waals surface area contributed by atoms with Gasteiger partial charge in [0.1, 0.15) is 6.61 Å². The summed E-state index contributed by atoms with van der Waals surface area (Å²) in [7, 11) is 0. The van der Waals surface area contributed by atoms with Crippen molar-refractivity contribution in [3.05, 3.63) is 42.0 Å². The van der Waals surface area contributed by atoms with E-state index in [-0.39, 0.29) is 6.61 Å². The summed E-state index contributed by atoms with van der Waals surface area (Å²) >= 11 is 0. The second kappa shape index (κ2) is 4.91. The van der Waals surface area contributed by atoms with E-state index < -0.39 is 12.0 Å². The van der Waals surface area contributed by atoms with Crippen molar-refractivity contribution in [2.45, 2.75) is 6.42 Å². The van der Waals surface area contributed by atoms with Crippen LogP contribution in [0.5, 0.6) is 0 Å². The zero-order valence-electron chi connectivity index (χ0n) is 9.89. The van der Waals surface area contributed by atoms with Crippen LogP contribution in [0, 0.1) is 0 Å². The van der Waals surface area contributed by atoms with Crippen molar-refractivity contribution in [3.8, 4) is 0 Å². The molecule has 0 saturated heterocycles. The number of carbonyl (C=O) groups is 2. The van der Waals surface area contributed by atoms with Crippen LogP contribution < -0.4 is 10.6 Å². The SMILES string of the molecule is C=CCOC(=O)N1CCc2ccc(C(N)=O)cc21. The Balaban J connectivity index is 2.25. The zero-order valence-corrected chi connectivity index (χ0v) is 9.89. The lowest BCUT2D eigenvalue weighted by Crippen LogP contribution is -2.29. The fraction of sp³-hybridized carbons (Fsp3) is 0.231. The smallest absolute Gasteiger partial charge is 0.414 e. The van der Waals surface area contributed by atoms with Crippen molar-refractivity contribution in [3.63, 3.8) is 0 Å². The maximum Gasteiger partial charge on any atom is 0.414 e. The van der Waals surface area contributed by atoms with E-state index in [1.54, 1.807) is 12.1 Å². The molecule has 0 aliphatic carbocycles. The summed E-state index contributed by atoms with van der Waals surface area (Å²) in [5.41, 5.74) is 7.31. The molecule has 5 heteroatoms. The molecule has 0 atom stereocenters. The van der Waals surface area contributed by atoms with Gasteiger partial charge >= 0.3 is 6.09 Å². The van der Waals surface area contributed by atoms with Crippen molar-refractivity contribution in [1.82, 2.24) is 0 Å². The summed E-state index contributed by atoms with van der Waals surface area (Å²) in [6.45, 7) is 4.20. The molecule has 1 aromatic rings. The van der Waals surface area contributed by atoms with Crippen molar-refractivity contribution in [2.75, 3.05) is 18.1 Å². The van der Waals surface area contributed by atoms with E-state index in [4.69, 9.17) is 10.5 Å². The molecule has 18 heavy (non-hydrogen) atoms. The molecule has 0 bridgehead atoms. The van der Waals surface area contributed by atoms with Crippen LogP contribution in [-0.2, 0) is 11.2 Å². The first-order chi connectivity index (χ1) is 8.63. The summed E-state index contributed by atoms with van der Waals surface area (Å²) in [5, 5.41) is 0. The highest BCUT2D eigenvalue weighted by molar-refractivity contribution is 5.97. The highest BCUT2D eigenvalue weighted by Crippen LogP contribution is 2.29. The number of rotatable bonds is 3. The Morgan fingerprint density at radius 1 is 1.50 bits per heavy atom. The number of hydrogen-bond acceptors (Lipinski definition) is 3. The number of benzene rings is 1. The molecule has 0 unspecified atom stereocenters. The number of nitrogens with zero attached hydrogens (tertiary/aromatic N) is 1. The number of ether oxygens (including phenoxy) is 1. The van der Waals surface area contributed by atoms with Crippen LogP contribution >= 0.6 is 0 Å². The van der Waals surface area contributed by atoms with Gasteiger partial charge in [-0.25, -0.2) is 4.79 Å². The van der Waals surface area contributed by atoms with Crippen LogP contribution in [0.15, 0.2) is 30.9 Å². The molecule has 94 valence electrons. The van der Waals surface area contributed by atoms with Crippen LogP contribution in [0.3, 0.4) is 0 Å². The minimum atomic E-state index is -0.510. The Morgan fingerprint density at radius 3 is 2.94 bits per heavy atom. The Labute approximate surface area is 105 Å². The molecule has 1 aromatic carbocycles. The Hall–Kier alpha value is -2.30. The summed E-state index contributed by atoms with van der Waals surface area (Å²) in [4.78, 5) is 24.4. The van der Waals surface area contributed by atoms with Crippen LogP contribution in [0.1, 0.15) is 15.9 Å². The first-order valence-corrected chi connectivity index (χ1v) is 5.61. The van der Waals surface area contributed by atoms with E-state index in [1.807, 2.05) is 6.07 Å². The van der Waals surface area contributed by atoms with Crippen molar-refractivity contribution in [1.29, 1.82) is 0 Å². The zero-order chi connectivity index (χ0) is 13.1. The van der Waals surface area contributed by atoms with Gasteiger partial charge in [-0.3, -0.25) is 9.69 Å². The molecule has 5 nitrogen and oxygen atoms in total. The number of carbonyl (C=O) groups excluding carboxylic acids is 2. The number of hydrogen-bond donors (Lipinski definition) is 1. The number of primary amides is 1. The maximum absolute atomic E-state index is 11.8. The van der Waals surface area contributed by atoms with Crippen LogP contribution in [0.25, 0.3) is 0 Å². The third kappa shape index (κ3) is 2.20. The average Bonchev–Trinajstić information content (AvgIpc) is 2.78. The fourth-order valence-electron chi connectivity index (χ4n) is 1.93. The monoisotopic (exact) mass is 246 g/mol. The van der Waals surface area contributed by atoms with Crippen molar-refractivity contribution >= 4 is 17.7 Å². The second-order valence-corrected chi connectivity index (χ2v) is 3.97. The Morgan fingerprint density at radius 2 is 2.28 bits per heavy atom. The summed E-state index contributed by atoms with van der Waals surface area (Å²) < 4.78 is 4.99. The molecule has 1 aliphatic heterocycles. The molecule has 2 rings (SSSR count). The summed E-state index contributed by atoms with van der Waals surface area (Å²) in [6, 6.07) is 5.11. The van der Waals surface area contributed by atoms with Gasteiger partial charge in [-0.2, -0.15) is 0 Å². The normalized spacial score (nSPS) is 13.0. The molecular weight excluding hydrogens is 232 g/mol. The van der Waals surface area contributed by atoms with Crippen LogP contribution in [0.2, 0.25) is 0 Å². The fourth-order valence-corrected chi connectivity index (χ4v) is 1.93. The maximum atomic E-state index is 11.8. The van der Waals surface area contributed by atoms with Crippen molar-refractivity contribution in [2.24, 2.45) is 5.73 Å². The molecule has 0 saturated carbocycles. The number of nitrogens with two attached hydrogens (primary N) is 1. The Kier molecular flexibility index (Phi) is 3.32. The molecule has 2 amide bonds. The van der Waals surface area contributed by atoms with Gasteiger partial charge < -0.3 is 10.5 Å². The standard InChI is InChI=1S/C13H14N2O3/c1-2-7-18-13(17)15-6-5-9-3-4-10(12(14)16)8-11(9)15/h2-4,8H,1,5-7H2,(H2,14,16). The predicted molar refractivity (Wildman–Crippen MR) is 67.6 cm³/mol. The van der Waals surface area contributed by atoms with E-state index >= 15 is 0 Å². The van der Waals surface area contributed by atoms with E-state index in [2.05, 4.69) is 6.58 Å². The third-order valence-corrected chi connectivity index (χ3v) is 2.81. The molecule has 0 radical (unpaired) electrons. The van der Waals surface area contributed by atoms with E-state index in [0.29, 0.717) is 17.8 Å². The van der Waals surface area contributed by atoms with Crippen LogP contribution in [0.4, 0.5) is 10.5 Å². The van der Waals surface area contributed by atoms with Gasteiger partial charge in [0, 0.05) is 12.1 Å². The molecule has 1 aliphatic rings. The number of fused-ring (bicyclic) bond motifs is 1. The predicted octanol–water partition coefficient (Wildman–Crippen LogP) is 1.47. The molecular formula is C13H14N2O3. The van der Waals surface area contributed by atoms with Gasteiger partial charge in [0.05, 0.1) is 5.69 Å². The molecule has 0 fully saturated rings.